The van der Waals surface area contributed by atoms with Gasteiger partial charge in [-0.15, -0.1) is 0 Å². The van der Waals surface area contributed by atoms with Gasteiger partial charge >= 0.3 is 0 Å². The third-order valence-electron chi connectivity index (χ3n) is 7.01. The second-order valence-electron chi connectivity index (χ2n) is 11.1. The number of hydrogen-bond donors (Lipinski definition) is 0. The molecule has 0 amide bonds. The van der Waals surface area contributed by atoms with Gasteiger partial charge in [0, 0.05) is 16.5 Å². The van der Waals surface area contributed by atoms with Crippen molar-refractivity contribution in [2.75, 3.05) is 0 Å². The van der Waals surface area contributed by atoms with Gasteiger partial charge in [0.25, 0.3) is 0 Å². The molecule has 0 aliphatic carbocycles. The lowest BCUT2D eigenvalue weighted by molar-refractivity contribution is 0.411. The molecule has 2 aromatic heterocycles. The van der Waals surface area contributed by atoms with Crippen molar-refractivity contribution in [1.82, 2.24) is 9.97 Å². The summed E-state index contributed by atoms with van der Waals surface area (Å²) in [4.78, 5) is 9.26. The van der Waals surface area contributed by atoms with Gasteiger partial charge in [-0.05, 0) is 70.8 Å². The zero-order valence-corrected chi connectivity index (χ0v) is 21.5. The Morgan fingerprint density at radius 2 is 1.53 bits per heavy atom. The van der Waals surface area contributed by atoms with Crippen LogP contribution in [0.2, 0.25) is 0 Å². The summed E-state index contributed by atoms with van der Waals surface area (Å²) >= 11 is 0. The predicted molar refractivity (Wildman–Crippen MR) is 150 cm³/mol. The van der Waals surface area contributed by atoms with Crippen molar-refractivity contribution < 1.29 is 4.42 Å². The minimum absolute atomic E-state index is 0.265. The maximum absolute atomic E-state index is 6.55. The van der Waals surface area contributed by atoms with E-state index in [1.54, 1.807) is 6.33 Å². The van der Waals surface area contributed by atoms with Crippen LogP contribution < -0.4 is 0 Å². The van der Waals surface area contributed by atoms with E-state index in [1.165, 1.54) is 33.0 Å². The Morgan fingerprint density at radius 3 is 2.31 bits per heavy atom. The van der Waals surface area contributed by atoms with E-state index in [4.69, 9.17) is 4.42 Å². The van der Waals surface area contributed by atoms with Gasteiger partial charge in [0.05, 0.1) is 0 Å². The standard InChI is InChI=1S/C33H30N2O/c1-20-16-22(18-33(3,4)5)10-13-26(20)27-14-15-28-30-32(36-31(28)21(27)2)29(34-19-35-30)25-12-11-23-8-6-7-9-24(23)17-25/h6-17,19H,18H2,1-5H3. The first-order chi connectivity index (χ1) is 17.3. The van der Waals surface area contributed by atoms with Gasteiger partial charge < -0.3 is 4.42 Å². The number of aryl methyl sites for hydroxylation is 2. The number of rotatable bonds is 3. The van der Waals surface area contributed by atoms with E-state index < -0.39 is 0 Å². The first-order valence-corrected chi connectivity index (χ1v) is 12.5. The van der Waals surface area contributed by atoms with Crippen LogP contribution in [0.15, 0.2) is 83.5 Å². The van der Waals surface area contributed by atoms with Crippen molar-refractivity contribution in [2.45, 2.75) is 41.0 Å². The summed E-state index contributed by atoms with van der Waals surface area (Å²) in [5, 5.41) is 3.42. The van der Waals surface area contributed by atoms with Crippen molar-refractivity contribution in [2.24, 2.45) is 5.41 Å². The van der Waals surface area contributed by atoms with Crippen molar-refractivity contribution >= 4 is 32.8 Å². The van der Waals surface area contributed by atoms with Crippen LogP contribution in [-0.2, 0) is 6.42 Å². The molecule has 178 valence electrons. The molecule has 0 saturated carbocycles. The van der Waals surface area contributed by atoms with Crippen molar-refractivity contribution in [1.29, 1.82) is 0 Å². The summed E-state index contributed by atoms with van der Waals surface area (Å²) in [5.41, 5.74) is 10.8. The van der Waals surface area contributed by atoms with E-state index >= 15 is 0 Å². The lowest BCUT2D eigenvalue weighted by atomic mass is 9.86. The highest BCUT2D eigenvalue weighted by molar-refractivity contribution is 6.09. The molecule has 4 aromatic carbocycles. The fraction of sp³-hybridized carbons (Fsp3) is 0.212. The third-order valence-corrected chi connectivity index (χ3v) is 7.01. The minimum atomic E-state index is 0.265. The predicted octanol–water partition coefficient (Wildman–Crippen LogP) is 9.07. The molecule has 0 radical (unpaired) electrons. The molecular formula is C33H30N2O. The molecule has 36 heavy (non-hydrogen) atoms. The van der Waals surface area contributed by atoms with Crippen molar-refractivity contribution in [3.8, 4) is 22.4 Å². The van der Waals surface area contributed by atoms with E-state index in [0.29, 0.717) is 0 Å². The number of benzene rings is 4. The van der Waals surface area contributed by atoms with Gasteiger partial charge in [-0.2, -0.15) is 0 Å². The molecule has 0 fully saturated rings. The van der Waals surface area contributed by atoms with Crippen LogP contribution in [0.3, 0.4) is 0 Å². The lowest BCUT2D eigenvalue weighted by Crippen LogP contribution is -2.09. The van der Waals surface area contributed by atoms with Crippen LogP contribution in [0.25, 0.3) is 55.2 Å². The molecule has 0 unspecified atom stereocenters. The van der Waals surface area contributed by atoms with E-state index in [0.717, 1.165) is 45.3 Å². The average Bonchev–Trinajstić information content (AvgIpc) is 3.23. The van der Waals surface area contributed by atoms with Gasteiger partial charge in [0.1, 0.15) is 23.1 Å². The quantitative estimate of drug-likeness (QED) is 0.259. The highest BCUT2D eigenvalue weighted by Gasteiger charge is 2.19. The molecule has 3 heteroatoms. The number of aromatic nitrogens is 2. The molecular weight excluding hydrogens is 440 g/mol. The topological polar surface area (TPSA) is 38.9 Å². The van der Waals surface area contributed by atoms with Gasteiger partial charge in [-0.3, -0.25) is 0 Å². The van der Waals surface area contributed by atoms with Crippen LogP contribution in [0.1, 0.15) is 37.5 Å². The zero-order chi connectivity index (χ0) is 25.0. The Morgan fingerprint density at radius 1 is 0.750 bits per heavy atom. The molecule has 6 aromatic rings. The smallest absolute Gasteiger partial charge is 0.180 e. The summed E-state index contributed by atoms with van der Waals surface area (Å²) in [6.45, 7) is 11.2. The van der Waals surface area contributed by atoms with Gasteiger partial charge in [0.15, 0.2) is 5.58 Å². The first kappa shape index (κ1) is 22.5. The van der Waals surface area contributed by atoms with E-state index in [2.05, 4.69) is 117 Å². The molecule has 0 aliphatic rings. The summed E-state index contributed by atoms with van der Waals surface area (Å²) < 4.78 is 6.55. The second-order valence-corrected chi connectivity index (χ2v) is 11.1. The molecule has 0 saturated heterocycles. The van der Waals surface area contributed by atoms with E-state index in [1.807, 2.05) is 0 Å². The zero-order valence-electron chi connectivity index (χ0n) is 21.5. The largest absolute Gasteiger partial charge is 0.452 e. The van der Waals surface area contributed by atoms with Crippen LogP contribution in [0.5, 0.6) is 0 Å². The Kier molecular flexibility index (Phi) is 5.19. The number of fused-ring (bicyclic) bond motifs is 4. The fourth-order valence-corrected chi connectivity index (χ4v) is 5.36. The van der Waals surface area contributed by atoms with E-state index in [9.17, 15) is 0 Å². The number of hydrogen-bond acceptors (Lipinski definition) is 3. The maximum atomic E-state index is 6.55. The molecule has 3 nitrogen and oxygen atoms in total. The molecule has 0 bridgehead atoms. The first-order valence-electron chi connectivity index (χ1n) is 12.5. The summed E-state index contributed by atoms with van der Waals surface area (Å²) in [6.07, 6.45) is 2.70. The monoisotopic (exact) mass is 470 g/mol. The minimum Gasteiger partial charge on any atom is -0.452 e. The van der Waals surface area contributed by atoms with Crippen molar-refractivity contribution in [3.63, 3.8) is 0 Å². The van der Waals surface area contributed by atoms with Gasteiger partial charge in [-0.25, -0.2) is 9.97 Å². The molecule has 2 heterocycles. The number of furan rings is 1. The third kappa shape index (κ3) is 3.85. The number of nitrogens with zero attached hydrogens (tertiary/aromatic N) is 2. The summed E-state index contributed by atoms with van der Waals surface area (Å²) in [7, 11) is 0. The van der Waals surface area contributed by atoms with Crippen LogP contribution in [-0.4, -0.2) is 9.97 Å². The molecule has 0 atom stereocenters. The molecule has 0 N–H and O–H groups in total. The molecule has 0 spiro atoms. The SMILES string of the molecule is Cc1cc(CC(C)(C)C)ccc1-c1ccc2c(oc3c(-c4ccc5ccccc5c4)ncnc32)c1C. The van der Waals surface area contributed by atoms with E-state index in [-0.39, 0.29) is 5.41 Å². The van der Waals surface area contributed by atoms with Crippen molar-refractivity contribution in [3.05, 3.63) is 95.8 Å². The molecule has 0 aliphatic heterocycles. The van der Waals surface area contributed by atoms with Crippen LogP contribution >= 0.6 is 0 Å². The van der Waals surface area contributed by atoms with Crippen LogP contribution in [0.4, 0.5) is 0 Å². The molecule has 6 rings (SSSR count). The summed E-state index contributed by atoms with van der Waals surface area (Å²) in [6, 6.07) is 26.0. The Hall–Kier alpha value is -3.98. The average molecular weight is 471 g/mol. The van der Waals surface area contributed by atoms with Gasteiger partial charge in [-0.1, -0.05) is 81.4 Å². The lowest BCUT2D eigenvalue weighted by Gasteiger charge is -2.19. The van der Waals surface area contributed by atoms with Gasteiger partial charge in [0.2, 0.25) is 0 Å². The maximum Gasteiger partial charge on any atom is 0.180 e. The Balaban J connectivity index is 1.49. The summed E-state index contributed by atoms with van der Waals surface area (Å²) in [5.74, 6) is 0. The fourth-order valence-electron chi connectivity index (χ4n) is 5.36. The normalized spacial score (nSPS) is 12.1. The highest BCUT2D eigenvalue weighted by atomic mass is 16.3. The second kappa shape index (κ2) is 8.30. The highest BCUT2D eigenvalue weighted by Crippen LogP contribution is 2.39. The van der Waals surface area contributed by atoms with Crippen LogP contribution in [0, 0.1) is 19.3 Å². The Bertz CT molecular complexity index is 1770. The Labute approximate surface area is 211 Å².